The number of hydrogen-bond donors (Lipinski definition) is 1. The number of rotatable bonds is 8. The van der Waals surface area contributed by atoms with Crippen LogP contribution >= 0.6 is 0 Å². The zero-order valence-corrected chi connectivity index (χ0v) is 17.6. The third kappa shape index (κ3) is 5.23. The van der Waals surface area contributed by atoms with Crippen molar-refractivity contribution in [2.24, 2.45) is 0 Å². The summed E-state index contributed by atoms with van der Waals surface area (Å²) in [5.41, 5.74) is 2.39. The minimum atomic E-state index is -0.341. The van der Waals surface area contributed by atoms with E-state index in [9.17, 15) is 9.59 Å². The number of carbonyl (C=O) groups is 1. The van der Waals surface area contributed by atoms with Crippen molar-refractivity contribution in [2.45, 2.75) is 32.4 Å². The van der Waals surface area contributed by atoms with Gasteiger partial charge in [0.05, 0.1) is 25.5 Å². The maximum absolute atomic E-state index is 12.5. The third-order valence-electron chi connectivity index (χ3n) is 5.19. The standard InChI is InChI=1S/C22H27N3O6/c1-2-6-23-20(26)14-30-16-3-4-18-15(10-16)5-7-25-19(18)11-21(24-22(25)27)31-13-17-12-28-8-9-29-17/h3-4,10-11,17H,2,5-9,12-14H2,1H3,(H,23,26). The molecule has 3 heterocycles. The first-order chi connectivity index (χ1) is 15.1. The van der Waals surface area contributed by atoms with Crippen LogP contribution in [0, 0.1) is 0 Å². The lowest BCUT2D eigenvalue weighted by atomic mass is 9.97. The van der Waals surface area contributed by atoms with E-state index in [0.717, 1.165) is 23.2 Å². The molecule has 0 saturated carbocycles. The smallest absolute Gasteiger partial charge is 0.351 e. The third-order valence-corrected chi connectivity index (χ3v) is 5.19. The Kier molecular flexibility index (Phi) is 6.83. The molecule has 1 aromatic carbocycles. The molecule has 9 heteroatoms. The first-order valence-electron chi connectivity index (χ1n) is 10.6. The number of benzene rings is 1. The van der Waals surface area contributed by atoms with Crippen LogP contribution in [0.15, 0.2) is 29.1 Å². The van der Waals surface area contributed by atoms with Crippen molar-refractivity contribution in [3.05, 3.63) is 40.3 Å². The quantitative estimate of drug-likeness (QED) is 0.672. The van der Waals surface area contributed by atoms with E-state index in [-0.39, 0.29) is 36.8 Å². The van der Waals surface area contributed by atoms with Crippen molar-refractivity contribution < 1.29 is 23.7 Å². The van der Waals surface area contributed by atoms with Gasteiger partial charge in [-0.1, -0.05) is 6.92 Å². The summed E-state index contributed by atoms with van der Waals surface area (Å²) in [4.78, 5) is 28.3. The Morgan fingerprint density at radius 2 is 2.19 bits per heavy atom. The molecule has 2 aromatic rings. The van der Waals surface area contributed by atoms with Gasteiger partial charge in [0.15, 0.2) is 6.61 Å². The highest BCUT2D eigenvalue weighted by atomic mass is 16.6. The van der Waals surface area contributed by atoms with Gasteiger partial charge >= 0.3 is 5.69 Å². The van der Waals surface area contributed by atoms with E-state index in [0.29, 0.717) is 45.1 Å². The Morgan fingerprint density at radius 3 is 3.00 bits per heavy atom. The van der Waals surface area contributed by atoms with Crippen molar-refractivity contribution in [3.63, 3.8) is 0 Å². The molecule has 2 aliphatic heterocycles. The average molecular weight is 429 g/mol. The second-order valence-corrected chi connectivity index (χ2v) is 7.50. The summed E-state index contributed by atoms with van der Waals surface area (Å²) in [5, 5.41) is 2.79. The molecule has 0 radical (unpaired) electrons. The lowest BCUT2D eigenvalue weighted by molar-refractivity contribution is -0.123. The van der Waals surface area contributed by atoms with Crippen LogP contribution in [0.1, 0.15) is 18.9 Å². The van der Waals surface area contributed by atoms with Gasteiger partial charge < -0.3 is 24.3 Å². The van der Waals surface area contributed by atoms with Gasteiger partial charge in [0.1, 0.15) is 18.5 Å². The zero-order chi connectivity index (χ0) is 21.6. The van der Waals surface area contributed by atoms with Gasteiger partial charge in [-0.15, -0.1) is 0 Å². The molecule has 0 bridgehead atoms. The number of aromatic nitrogens is 2. The summed E-state index contributed by atoms with van der Waals surface area (Å²) in [6.45, 7) is 4.99. The number of carbonyl (C=O) groups excluding carboxylic acids is 1. The van der Waals surface area contributed by atoms with E-state index in [1.165, 1.54) is 0 Å². The lowest BCUT2D eigenvalue weighted by Crippen LogP contribution is -2.34. The number of amides is 1. The summed E-state index contributed by atoms with van der Waals surface area (Å²) in [6.07, 6.45) is 1.39. The summed E-state index contributed by atoms with van der Waals surface area (Å²) in [6, 6.07) is 7.41. The average Bonchev–Trinajstić information content (AvgIpc) is 2.80. The van der Waals surface area contributed by atoms with Crippen LogP contribution in [-0.4, -0.2) is 61.1 Å². The van der Waals surface area contributed by atoms with Crippen LogP contribution in [0.3, 0.4) is 0 Å². The molecular formula is C22H27N3O6. The maximum atomic E-state index is 12.5. The molecule has 0 aliphatic carbocycles. The highest BCUT2D eigenvalue weighted by molar-refractivity contribution is 5.77. The Morgan fingerprint density at radius 1 is 1.29 bits per heavy atom. The number of fused-ring (bicyclic) bond motifs is 3. The van der Waals surface area contributed by atoms with E-state index in [1.807, 2.05) is 19.1 Å². The monoisotopic (exact) mass is 429 g/mol. The minimum absolute atomic E-state index is 0.0241. The largest absolute Gasteiger partial charge is 0.484 e. The predicted molar refractivity (Wildman–Crippen MR) is 112 cm³/mol. The van der Waals surface area contributed by atoms with E-state index < -0.39 is 0 Å². The lowest BCUT2D eigenvalue weighted by Gasteiger charge is -2.24. The van der Waals surface area contributed by atoms with E-state index in [2.05, 4.69) is 10.3 Å². The van der Waals surface area contributed by atoms with Gasteiger partial charge in [0.2, 0.25) is 5.88 Å². The van der Waals surface area contributed by atoms with Crippen molar-refractivity contribution >= 4 is 5.91 Å². The van der Waals surface area contributed by atoms with Gasteiger partial charge in [-0.3, -0.25) is 9.36 Å². The molecule has 1 N–H and O–H groups in total. The first-order valence-corrected chi connectivity index (χ1v) is 10.6. The number of aryl methyl sites for hydroxylation is 1. The highest BCUT2D eigenvalue weighted by Crippen LogP contribution is 2.32. The van der Waals surface area contributed by atoms with Gasteiger partial charge in [0, 0.05) is 24.7 Å². The topological polar surface area (TPSA) is 101 Å². The van der Waals surface area contributed by atoms with E-state index >= 15 is 0 Å². The number of ether oxygens (including phenoxy) is 4. The number of hydrogen-bond acceptors (Lipinski definition) is 7. The molecule has 0 spiro atoms. The molecule has 166 valence electrons. The molecule has 2 aliphatic rings. The Bertz CT molecular complexity index is 984. The van der Waals surface area contributed by atoms with Gasteiger partial charge in [-0.05, 0) is 36.6 Å². The summed E-state index contributed by atoms with van der Waals surface area (Å²) < 4.78 is 23.9. The molecular weight excluding hydrogens is 402 g/mol. The van der Waals surface area contributed by atoms with Crippen LogP contribution in [-0.2, 0) is 27.2 Å². The molecule has 1 atom stereocenters. The highest BCUT2D eigenvalue weighted by Gasteiger charge is 2.21. The van der Waals surface area contributed by atoms with Crippen LogP contribution in [0.2, 0.25) is 0 Å². The Balaban J connectivity index is 1.48. The number of nitrogens with zero attached hydrogens (tertiary/aromatic N) is 2. The fourth-order valence-electron chi connectivity index (χ4n) is 3.62. The molecule has 1 aromatic heterocycles. The summed E-state index contributed by atoms with van der Waals surface area (Å²) >= 11 is 0. The van der Waals surface area contributed by atoms with Crippen molar-refractivity contribution in [3.8, 4) is 22.9 Å². The van der Waals surface area contributed by atoms with E-state index in [1.54, 1.807) is 16.7 Å². The van der Waals surface area contributed by atoms with E-state index in [4.69, 9.17) is 18.9 Å². The van der Waals surface area contributed by atoms with Crippen molar-refractivity contribution in [2.75, 3.05) is 39.6 Å². The molecule has 9 nitrogen and oxygen atoms in total. The second-order valence-electron chi connectivity index (χ2n) is 7.50. The molecule has 1 saturated heterocycles. The van der Waals surface area contributed by atoms with Gasteiger partial charge in [-0.2, -0.15) is 4.98 Å². The van der Waals surface area contributed by atoms with Gasteiger partial charge in [-0.25, -0.2) is 4.79 Å². The fourth-order valence-corrected chi connectivity index (χ4v) is 3.62. The Hall–Kier alpha value is -2.91. The SMILES string of the molecule is CCCNC(=O)COc1ccc2c(c1)CCn1c-2cc(OCC2COCCO2)nc1=O. The molecule has 4 rings (SSSR count). The predicted octanol–water partition coefficient (Wildman–Crippen LogP) is 1.17. The van der Waals surface area contributed by atoms with Crippen LogP contribution in [0.25, 0.3) is 11.3 Å². The minimum Gasteiger partial charge on any atom is -0.484 e. The second kappa shape index (κ2) is 9.93. The van der Waals surface area contributed by atoms with Crippen molar-refractivity contribution in [1.29, 1.82) is 0 Å². The van der Waals surface area contributed by atoms with Crippen LogP contribution in [0.5, 0.6) is 11.6 Å². The van der Waals surface area contributed by atoms with Crippen molar-refractivity contribution in [1.82, 2.24) is 14.9 Å². The molecule has 31 heavy (non-hydrogen) atoms. The maximum Gasteiger partial charge on any atom is 0.351 e. The first kappa shape index (κ1) is 21.3. The van der Waals surface area contributed by atoms with Gasteiger partial charge in [0.25, 0.3) is 5.91 Å². The molecule has 1 unspecified atom stereocenters. The van der Waals surface area contributed by atoms with Crippen LogP contribution < -0.4 is 20.5 Å². The Labute approximate surface area is 180 Å². The summed E-state index contributed by atoms with van der Waals surface area (Å²) in [5.74, 6) is 0.754. The fraction of sp³-hybridized carbons (Fsp3) is 0.500. The van der Waals surface area contributed by atoms with Crippen LogP contribution in [0.4, 0.5) is 0 Å². The summed E-state index contributed by atoms with van der Waals surface area (Å²) in [7, 11) is 0. The number of nitrogens with one attached hydrogen (secondary N) is 1. The zero-order valence-electron chi connectivity index (χ0n) is 17.6. The molecule has 1 amide bonds. The molecule has 1 fully saturated rings. The normalized spacial score (nSPS) is 17.4.